The molecule has 6 heteroatoms. The molecule has 0 N–H and O–H groups in total. The maximum Gasteiger partial charge on any atom is 0.206 e. The Hall–Kier alpha value is -3.43. The van der Waals surface area contributed by atoms with Crippen molar-refractivity contribution in [3.63, 3.8) is 0 Å². The number of aryl methyl sites for hydroxylation is 1. The van der Waals surface area contributed by atoms with E-state index < -0.39 is 9.84 Å². The van der Waals surface area contributed by atoms with Gasteiger partial charge in [-0.15, -0.1) is 0 Å². The summed E-state index contributed by atoms with van der Waals surface area (Å²) in [6, 6.07) is 22.9. The van der Waals surface area contributed by atoms with E-state index in [0.29, 0.717) is 17.5 Å². The van der Waals surface area contributed by atoms with Crippen LogP contribution in [0.5, 0.6) is 0 Å². The second kappa shape index (κ2) is 6.95. The minimum atomic E-state index is -3.58. The monoisotopic (exact) mass is 387 g/mol. The molecular formula is C22H17N3O2S. The van der Waals surface area contributed by atoms with Crippen LogP contribution in [-0.2, 0) is 23.3 Å². The maximum absolute atomic E-state index is 12.9. The smallest absolute Gasteiger partial charge is 0.206 e. The van der Waals surface area contributed by atoms with Gasteiger partial charge in [0, 0.05) is 13.5 Å². The minimum Gasteiger partial charge on any atom is -0.331 e. The molecule has 0 saturated carbocycles. The predicted octanol–water partition coefficient (Wildman–Crippen LogP) is 3.87. The van der Waals surface area contributed by atoms with E-state index in [-0.39, 0.29) is 9.79 Å². The highest BCUT2D eigenvalue weighted by molar-refractivity contribution is 7.91. The van der Waals surface area contributed by atoms with Crippen LogP contribution >= 0.6 is 0 Å². The first-order valence-electron chi connectivity index (χ1n) is 8.73. The molecule has 1 heterocycles. The third kappa shape index (κ3) is 3.17. The summed E-state index contributed by atoms with van der Waals surface area (Å²) in [4.78, 5) is 5.15. The number of hydrogen-bond donors (Lipinski definition) is 0. The van der Waals surface area contributed by atoms with Crippen molar-refractivity contribution in [2.45, 2.75) is 16.2 Å². The van der Waals surface area contributed by atoms with Gasteiger partial charge >= 0.3 is 0 Å². The molecule has 0 aliphatic heterocycles. The van der Waals surface area contributed by atoms with Gasteiger partial charge in [-0.05, 0) is 48.0 Å². The van der Waals surface area contributed by atoms with Crippen LogP contribution in [0.4, 0.5) is 0 Å². The van der Waals surface area contributed by atoms with Crippen molar-refractivity contribution in [1.82, 2.24) is 9.55 Å². The Balaban J connectivity index is 1.72. The maximum atomic E-state index is 12.9. The third-order valence-electron chi connectivity index (χ3n) is 4.75. The van der Waals surface area contributed by atoms with Crippen molar-refractivity contribution in [3.05, 3.63) is 89.7 Å². The SMILES string of the molecule is Cn1c(Cc2ccc(C#N)cc2)nc2cc(S(=O)(=O)c3ccccc3)ccc21. The first-order valence-corrected chi connectivity index (χ1v) is 10.2. The first-order chi connectivity index (χ1) is 13.5. The van der Waals surface area contributed by atoms with E-state index in [1.54, 1.807) is 60.7 Å². The number of benzene rings is 3. The van der Waals surface area contributed by atoms with Crippen LogP contribution in [0.2, 0.25) is 0 Å². The fourth-order valence-electron chi connectivity index (χ4n) is 3.17. The Labute approximate surface area is 163 Å². The average molecular weight is 387 g/mol. The van der Waals surface area contributed by atoms with Crippen molar-refractivity contribution in [2.24, 2.45) is 7.05 Å². The molecule has 0 aliphatic carbocycles. The number of rotatable bonds is 4. The van der Waals surface area contributed by atoms with Crippen molar-refractivity contribution >= 4 is 20.9 Å². The van der Waals surface area contributed by atoms with Gasteiger partial charge in [-0.3, -0.25) is 0 Å². The summed E-state index contributed by atoms with van der Waals surface area (Å²) in [5, 5.41) is 8.92. The molecular weight excluding hydrogens is 370 g/mol. The Morgan fingerprint density at radius 2 is 1.68 bits per heavy atom. The van der Waals surface area contributed by atoms with Gasteiger partial charge in [0.05, 0.1) is 32.5 Å². The van der Waals surface area contributed by atoms with Gasteiger partial charge < -0.3 is 4.57 Å². The highest BCUT2D eigenvalue weighted by Gasteiger charge is 2.19. The Morgan fingerprint density at radius 1 is 0.964 bits per heavy atom. The molecule has 4 aromatic rings. The second-order valence-electron chi connectivity index (χ2n) is 6.54. The summed E-state index contributed by atoms with van der Waals surface area (Å²) >= 11 is 0. The molecule has 0 unspecified atom stereocenters. The molecule has 28 heavy (non-hydrogen) atoms. The topological polar surface area (TPSA) is 75.8 Å². The van der Waals surface area contributed by atoms with Crippen LogP contribution in [0.25, 0.3) is 11.0 Å². The Morgan fingerprint density at radius 3 is 2.36 bits per heavy atom. The fraction of sp³-hybridized carbons (Fsp3) is 0.0909. The van der Waals surface area contributed by atoms with Gasteiger partial charge in [-0.1, -0.05) is 30.3 Å². The largest absolute Gasteiger partial charge is 0.331 e. The molecule has 0 aliphatic rings. The summed E-state index contributed by atoms with van der Waals surface area (Å²) in [5.41, 5.74) is 3.16. The van der Waals surface area contributed by atoms with Crippen molar-refractivity contribution < 1.29 is 8.42 Å². The normalized spacial score (nSPS) is 11.4. The summed E-state index contributed by atoms with van der Waals surface area (Å²) in [6.07, 6.45) is 0.595. The zero-order chi connectivity index (χ0) is 19.7. The van der Waals surface area contributed by atoms with Crippen LogP contribution < -0.4 is 0 Å². The van der Waals surface area contributed by atoms with E-state index in [9.17, 15) is 8.42 Å². The zero-order valence-electron chi connectivity index (χ0n) is 15.2. The van der Waals surface area contributed by atoms with Crippen LogP contribution in [0.3, 0.4) is 0 Å². The Bertz CT molecular complexity index is 1300. The second-order valence-corrected chi connectivity index (χ2v) is 8.49. The molecule has 0 radical (unpaired) electrons. The number of fused-ring (bicyclic) bond motifs is 1. The molecule has 4 rings (SSSR count). The van der Waals surface area contributed by atoms with Crippen molar-refractivity contribution in [2.75, 3.05) is 0 Å². The molecule has 0 amide bonds. The molecule has 138 valence electrons. The van der Waals surface area contributed by atoms with Gasteiger partial charge in [-0.25, -0.2) is 13.4 Å². The minimum absolute atomic E-state index is 0.231. The van der Waals surface area contributed by atoms with E-state index in [1.165, 1.54) is 0 Å². The number of imidazole rings is 1. The van der Waals surface area contributed by atoms with E-state index in [2.05, 4.69) is 11.1 Å². The first kappa shape index (κ1) is 18.0. The zero-order valence-corrected chi connectivity index (χ0v) is 16.0. The van der Waals surface area contributed by atoms with Crippen LogP contribution in [0, 0.1) is 11.3 Å². The number of sulfone groups is 1. The number of nitrogens with zero attached hydrogens (tertiary/aromatic N) is 3. The lowest BCUT2D eigenvalue weighted by atomic mass is 10.1. The van der Waals surface area contributed by atoms with E-state index in [4.69, 9.17) is 5.26 Å². The lowest BCUT2D eigenvalue weighted by molar-refractivity contribution is 0.596. The van der Waals surface area contributed by atoms with Crippen molar-refractivity contribution in [3.8, 4) is 6.07 Å². The van der Waals surface area contributed by atoms with Crippen LogP contribution in [0.1, 0.15) is 17.0 Å². The lowest BCUT2D eigenvalue weighted by Gasteiger charge is -2.05. The van der Waals surface area contributed by atoms with Gasteiger partial charge in [0.15, 0.2) is 0 Å². The summed E-state index contributed by atoms with van der Waals surface area (Å²) < 4.78 is 27.7. The van der Waals surface area contributed by atoms with Gasteiger partial charge in [0.1, 0.15) is 5.82 Å². The van der Waals surface area contributed by atoms with E-state index in [1.807, 2.05) is 23.7 Å². The number of aromatic nitrogens is 2. The van der Waals surface area contributed by atoms with Gasteiger partial charge in [0.2, 0.25) is 9.84 Å². The fourth-order valence-corrected chi connectivity index (χ4v) is 4.47. The van der Waals surface area contributed by atoms with Gasteiger partial charge in [0.25, 0.3) is 0 Å². The summed E-state index contributed by atoms with van der Waals surface area (Å²) in [6.45, 7) is 0. The molecule has 1 aromatic heterocycles. The predicted molar refractivity (Wildman–Crippen MR) is 107 cm³/mol. The van der Waals surface area contributed by atoms with Gasteiger partial charge in [-0.2, -0.15) is 5.26 Å². The molecule has 0 fully saturated rings. The average Bonchev–Trinajstić information content (AvgIpc) is 3.04. The summed E-state index contributed by atoms with van der Waals surface area (Å²) in [7, 11) is -1.66. The van der Waals surface area contributed by atoms with Crippen LogP contribution in [0.15, 0.2) is 82.6 Å². The number of hydrogen-bond acceptors (Lipinski definition) is 4. The summed E-state index contributed by atoms with van der Waals surface area (Å²) in [5.74, 6) is 0.828. The standard InChI is InChI=1S/C22H17N3O2S/c1-25-21-12-11-19(28(26,27)18-5-3-2-4-6-18)14-20(21)24-22(25)13-16-7-9-17(15-23)10-8-16/h2-12,14H,13H2,1H3. The molecule has 5 nitrogen and oxygen atoms in total. The quantitative estimate of drug-likeness (QED) is 0.533. The highest BCUT2D eigenvalue weighted by atomic mass is 32.2. The van der Waals surface area contributed by atoms with E-state index >= 15 is 0 Å². The molecule has 0 spiro atoms. The molecule has 0 bridgehead atoms. The van der Waals surface area contributed by atoms with E-state index in [0.717, 1.165) is 16.9 Å². The molecule has 3 aromatic carbocycles. The number of nitriles is 1. The molecule has 0 atom stereocenters. The molecule has 0 saturated heterocycles. The highest BCUT2D eigenvalue weighted by Crippen LogP contribution is 2.25. The Kier molecular flexibility index (Phi) is 4.46. The van der Waals surface area contributed by atoms with Crippen molar-refractivity contribution in [1.29, 1.82) is 5.26 Å². The lowest BCUT2D eigenvalue weighted by Crippen LogP contribution is -2.01. The van der Waals surface area contributed by atoms with Crippen LogP contribution in [-0.4, -0.2) is 18.0 Å². The third-order valence-corrected chi connectivity index (χ3v) is 6.52.